The fourth-order valence-electron chi connectivity index (χ4n) is 2.66. The Morgan fingerprint density at radius 2 is 1.84 bits per heavy atom. The molecule has 2 aromatic carbocycles. The van der Waals surface area contributed by atoms with Crippen LogP contribution < -0.4 is 14.8 Å². The highest BCUT2D eigenvalue weighted by atomic mass is 32.1. The van der Waals surface area contributed by atoms with E-state index in [1.54, 1.807) is 44.6 Å². The van der Waals surface area contributed by atoms with E-state index in [0.29, 0.717) is 28.4 Å². The second-order valence-electron chi connectivity index (χ2n) is 6.25. The Labute approximate surface area is 183 Å². The van der Waals surface area contributed by atoms with E-state index in [2.05, 4.69) is 10.3 Å². The number of aromatic nitrogens is 1. The molecule has 0 unspecified atom stereocenters. The van der Waals surface area contributed by atoms with E-state index in [1.807, 2.05) is 23.6 Å². The first kappa shape index (κ1) is 21.8. The van der Waals surface area contributed by atoms with Gasteiger partial charge in [0.15, 0.2) is 11.5 Å². The minimum Gasteiger partial charge on any atom is -0.493 e. The molecule has 0 fully saturated rings. The van der Waals surface area contributed by atoms with Gasteiger partial charge in [0, 0.05) is 16.6 Å². The lowest BCUT2D eigenvalue weighted by molar-refractivity contribution is -0.115. The minimum atomic E-state index is -0.504. The van der Waals surface area contributed by atoms with Crippen LogP contribution in [0, 0.1) is 11.3 Å². The van der Waals surface area contributed by atoms with Crippen LogP contribution >= 0.6 is 11.3 Å². The summed E-state index contributed by atoms with van der Waals surface area (Å²) in [6.45, 7) is 0.0310. The van der Waals surface area contributed by atoms with Crippen LogP contribution in [0.4, 0.5) is 5.69 Å². The second kappa shape index (κ2) is 10.2. The maximum Gasteiger partial charge on any atom is 0.338 e. The van der Waals surface area contributed by atoms with Crippen LogP contribution in [0.2, 0.25) is 0 Å². The van der Waals surface area contributed by atoms with Crippen LogP contribution in [0.25, 0.3) is 10.6 Å². The molecule has 0 aliphatic carbocycles. The molecule has 0 saturated carbocycles. The highest BCUT2D eigenvalue weighted by Gasteiger charge is 2.12. The molecule has 0 aliphatic rings. The SMILES string of the molecule is COc1ccc(-c2nc(COC(=O)c3ccc(NC(=O)CC#N)cc3)cs2)cc1OC. The quantitative estimate of drug-likeness (QED) is 0.530. The molecule has 9 heteroatoms. The number of ether oxygens (including phenoxy) is 3. The van der Waals surface area contributed by atoms with E-state index in [-0.39, 0.29) is 13.0 Å². The predicted octanol–water partition coefficient (Wildman–Crippen LogP) is 4.04. The van der Waals surface area contributed by atoms with E-state index < -0.39 is 11.9 Å². The first-order valence-electron chi connectivity index (χ1n) is 9.15. The minimum absolute atomic E-state index is 0.0310. The van der Waals surface area contributed by atoms with Crippen molar-refractivity contribution in [3.63, 3.8) is 0 Å². The highest BCUT2D eigenvalue weighted by molar-refractivity contribution is 7.13. The number of anilines is 1. The van der Waals surface area contributed by atoms with Crippen LogP contribution in [0.3, 0.4) is 0 Å². The topological polar surface area (TPSA) is 111 Å². The predicted molar refractivity (Wildman–Crippen MR) is 115 cm³/mol. The van der Waals surface area contributed by atoms with E-state index in [1.165, 1.54) is 11.3 Å². The maximum atomic E-state index is 12.3. The molecule has 3 aromatic rings. The summed E-state index contributed by atoms with van der Waals surface area (Å²) in [5.41, 5.74) is 2.34. The molecule has 1 aromatic heterocycles. The molecule has 0 spiro atoms. The zero-order valence-electron chi connectivity index (χ0n) is 16.9. The summed E-state index contributed by atoms with van der Waals surface area (Å²) in [6, 6.07) is 13.5. The summed E-state index contributed by atoms with van der Waals surface area (Å²) in [5, 5.41) is 13.7. The highest BCUT2D eigenvalue weighted by Crippen LogP contribution is 2.33. The lowest BCUT2D eigenvalue weighted by Crippen LogP contribution is -2.10. The van der Waals surface area contributed by atoms with Gasteiger partial charge in [-0.3, -0.25) is 4.79 Å². The summed E-state index contributed by atoms with van der Waals surface area (Å²) in [6.07, 6.45) is -0.233. The fourth-order valence-corrected chi connectivity index (χ4v) is 3.47. The monoisotopic (exact) mass is 437 g/mol. The van der Waals surface area contributed by atoms with Crippen molar-refractivity contribution in [1.29, 1.82) is 5.26 Å². The lowest BCUT2D eigenvalue weighted by atomic mass is 10.2. The Bertz CT molecular complexity index is 1120. The Balaban J connectivity index is 1.60. The van der Waals surface area contributed by atoms with Crippen molar-refractivity contribution in [2.24, 2.45) is 0 Å². The van der Waals surface area contributed by atoms with E-state index >= 15 is 0 Å². The molecule has 1 amide bonds. The van der Waals surface area contributed by atoms with E-state index in [4.69, 9.17) is 19.5 Å². The van der Waals surface area contributed by atoms with Gasteiger partial charge < -0.3 is 19.5 Å². The van der Waals surface area contributed by atoms with Crippen molar-refractivity contribution < 1.29 is 23.8 Å². The first-order chi connectivity index (χ1) is 15.0. The maximum absolute atomic E-state index is 12.3. The summed E-state index contributed by atoms with van der Waals surface area (Å²) in [5.74, 6) is 0.324. The second-order valence-corrected chi connectivity index (χ2v) is 7.11. The lowest BCUT2D eigenvalue weighted by Gasteiger charge is -2.08. The molecule has 0 saturated heterocycles. The van der Waals surface area contributed by atoms with Gasteiger partial charge in [-0.2, -0.15) is 5.26 Å². The zero-order chi connectivity index (χ0) is 22.2. The number of amides is 1. The number of hydrogen-bond donors (Lipinski definition) is 1. The van der Waals surface area contributed by atoms with Gasteiger partial charge in [-0.1, -0.05) is 0 Å². The van der Waals surface area contributed by atoms with Crippen LogP contribution in [-0.4, -0.2) is 31.1 Å². The number of carbonyl (C=O) groups is 2. The number of nitriles is 1. The Morgan fingerprint density at radius 3 is 2.52 bits per heavy atom. The largest absolute Gasteiger partial charge is 0.493 e. The van der Waals surface area contributed by atoms with Gasteiger partial charge in [0.05, 0.1) is 31.5 Å². The molecule has 0 atom stereocenters. The molecule has 8 nitrogen and oxygen atoms in total. The van der Waals surface area contributed by atoms with Crippen molar-refractivity contribution in [3.8, 4) is 28.1 Å². The van der Waals surface area contributed by atoms with Gasteiger partial charge in [-0.05, 0) is 42.5 Å². The summed E-state index contributed by atoms with van der Waals surface area (Å²) in [4.78, 5) is 28.2. The Morgan fingerprint density at radius 1 is 1.10 bits per heavy atom. The molecular weight excluding hydrogens is 418 g/mol. The van der Waals surface area contributed by atoms with Crippen LogP contribution in [-0.2, 0) is 16.1 Å². The standard InChI is InChI=1S/C22H19N3O5S/c1-28-18-8-5-15(11-19(18)29-2)21-25-17(13-31-21)12-30-22(27)14-3-6-16(7-4-14)24-20(26)9-10-23/h3-8,11,13H,9,12H2,1-2H3,(H,24,26). The van der Waals surface area contributed by atoms with Crippen molar-refractivity contribution >= 4 is 28.9 Å². The summed E-state index contributed by atoms with van der Waals surface area (Å²) < 4.78 is 15.9. The average Bonchev–Trinajstić information content (AvgIpc) is 3.26. The number of esters is 1. The molecule has 1 heterocycles. The number of benzene rings is 2. The first-order valence-corrected chi connectivity index (χ1v) is 10.0. The smallest absolute Gasteiger partial charge is 0.338 e. The average molecular weight is 437 g/mol. The van der Waals surface area contributed by atoms with Crippen LogP contribution in [0.15, 0.2) is 47.8 Å². The van der Waals surface area contributed by atoms with Gasteiger partial charge in [0.25, 0.3) is 0 Å². The van der Waals surface area contributed by atoms with Crippen molar-refractivity contribution in [2.45, 2.75) is 13.0 Å². The van der Waals surface area contributed by atoms with Crippen LogP contribution in [0.5, 0.6) is 11.5 Å². The number of nitrogens with zero attached hydrogens (tertiary/aromatic N) is 2. The summed E-state index contributed by atoms with van der Waals surface area (Å²) >= 11 is 1.43. The number of nitrogens with one attached hydrogen (secondary N) is 1. The van der Waals surface area contributed by atoms with Crippen molar-refractivity contribution in [3.05, 3.63) is 59.1 Å². The van der Waals surface area contributed by atoms with Crippen molar-refractivity contribution in [1.82, 2.24) is 4.98 Å². The van der Waals surface area contributed by atoms with Gasteiger partial charge >= 0.3 is 5.97 Å². The Kier molecular flexibility index (Phi) is 7.19. The van der Waals surface area contributed by atoms with E-state index in [9.17, 15) is 9.59 Å². The number of hydrogen-bond acceptors (Lipinski definition) is 8. The van der Waals surface area contributed by atoms with E-state index in [0.717, 1.165) is 10.6 Å². The number of methoxy groups -OCH3 is 2. The summed E-state index contributed by atoms with van der Waals surface area (Å²) in [7, 11) is 3.15. The molecule has 31 heavy (non-hydrogen) atoms. The van der Waals surface area contributed by atoms with Gasteiger partial charge in [0.1, 0.15) is 18.0 Å². The molecule has 158 valence electrons. The third-order valence-corrected chi connectivity index (χ3v) is 5.12. The van der Waals surface area contributed by atoms with Crippen molar-refractivity contribution in [2.75, 3.05) is 19.5 Å². The third-order valence-electron chi connectivity index (χ3n) is 4.18. The third kappa shape index (κ3) is 5.58. The molecule has 0 radical (unpaired) electrons. The van der Waals surface area contributed by atoms with Crippen LogP contribution in [0.1, 0.15) is 22.5 Å². The Hall–Kier alpha value is -3.90. The van der Waals surface area contributed by atoms with Gasteiger partial charge in [-0.25, -0.2) is 9.78 Å². The molecular formula is C22H19N3O5S. The van der Waals surface area contributed by atoms with Gasteiger partial charge in [0.2, 0.25) is 5.91 Å². The molecule has 0 aliphatic heterocycles. The fraction of sp³-hybridized carbons (Fsp3) is 0.182. The molecule has 1 N–H and O–H groups in total. The number of thiazole rings is 1. The molecule has 0 bridgehead atoms. The zero-order valence-corrected chi connectivity index (χ0v) is 17.7. The normalized spacial score (nSPS) is 10.1. The number of rotatable bonds is 8. The van der Waals surface area contributed by atoms with Gasteiger partial charge in [-0.15, -0.1) is 11.3 Å². The molecule has 3 rings (SSSR count). The number of carbonyl (C=O) groups excluding carboxylic acids is 2.